The summed E-state index contributed by atoms with van der Waals surface area (Å²) in [5, 5.41) is 17.1. The van der Waals surface area contributed by atoms with Gasteiger partial charge in [-0.3, -0.25) is 19.7 Å². The van der Waals surface area contributed by atoms with Crippen LogP contribution in [0.15, 0.2) is 48.5 Å². The number of likely N-dealkylation sites (tertiary alicyclic amines) is 1. The Hall–Kier alpha value is -3.42. The van der Waals surface area contributed by atoms with E-state index in [1.165, 1.54) is 18.2 Å². The lowest BCUT2D eigenvalue weighted by Crippen LogP contribution is -2.32. The number of nitrogens with zero attached hydrogens (tertiary/aromatic N) is 2. The van der Waals surface area contributed by atoms with Gasteiger partial charge in [-0.05, 0) is 37.1 Å². The van der Waals surface area contributed by atoms with E-state index in [4.69, 9.17) is 0 Å². The Morgan fingerprint density at radius 1 is 1.07 bits per heavy atom. The summed E-state index contributed by atoms with van der Waals surface area (Å²) in [7, 11) is 0. The van der Waals surface area contributed by atoms with Crippen molar-refractivity contribution in [3.05, 3.63) is 64.2 Å². The maximum absolute atomic E-state index is 12.3. The van der Waals surface area contributed by atoms with Crippen LogP contribution < -0.4 is 10.6 Å². The number of anilines is 2. The normalized spacial score (nSPS) is 13.2. The number of nitro benzene ring substituents is 1. The summed E-state index contributed by atoms with van der Waals surface area (Å²) in [5.74, 6) is -0.422. The van der Waals surface area contributed by atoms with Crippen LogP contribution in [-0.2, 0) is 4.79 Å². The minimum absolute atomic E-state index is 0.0196. The van der Waals surface area contributed by atoms with Crippen molar-refractivity contribution in [1.82, 2.24) is 10.2 Å². The minimum Gasteiger partial charge on any atom is -0.352 e. The Morgan fingerprint density at radius 3 is 2.46 bits per heavy atom. The van der Waals surface area contributed by atoms with Gasteiger partial charge in [0.2, 0.25) is 5.91 Å². The number of nitrogens with one attached hydrogen (secondary N) is 2. The van der Waals surface area contributed by atoms with Gasteiger partial charge in [0.05, 0.1) is 4.92 Å². The molecule has 0 unspecified atom stereocenters. The van der Waals surface area contributed by atoms with Crippen LogP contribution in [-0.4, -0.2) is 41.3 Å². The molecule has 0 aromatic heterocycles. The average molecular weight is 382 g/mol. The van der Waals surface area contributed by atoms with Gasteiger partial charge in [0.25, 0.3) is 11.6 Å². The molecule has 0 bridgehead atoms. The third-order valence-electron chi connectivity index (χ3n) is 4.59. The molecule has 1 aliphatic rings. The zero-order valence-electron chi connectivity index (χ0n) is 15.4. The molecule has 0 aliphatic carbocycles. The van der Waals surface area contributed by atoms with Gasteiger partial charge in [-0.2, -0.15) is 0 Å². The second kappa shape index (κ2) is 8.98. The highest BCUT2D eigenvalue weighted by molar-refractivity contribution is 5.96. The summed E-state index contributed by atoms with van der Waals surface area (Å²) in [6, 6.07) is 13.3. The Balaban J connectivity index is 1.63. The average Bonchev–Trinajstić information content (AvgIpc) is 3.23. The molecule has 2 amide bonds. The molecular formula is C20H22N4O4. The van der Waals surface area contributed by atoms with Crippen molar-refractivity contribution in [2.45, 2.75) is 19.3 Å². The van der Waals surface area contributed by atoms with Gasteiger partial charge in [0.15, 0.2) is 0 Å². The molecule has 0 saturated carbocycles. The van der Waals surface area contributed by atoms with E-state index in [-0.39, 0.29) is 30.1 Å². The predicted molar refractivity (Wildman–Crippen MR) is 106 cm³/mol. The van der Waals surface area contributed by atoms with E-state index in [1.54, 1.807) is 17.0 Å². The van der Waals surface area contributed by atoms with Crippen LogP contribution in [0, 0.1) is 10.1 Å². The van der Waals surface area contributed by atoms with Gasteiger partial charge in [0.1, 0.15) is 5.69 Å². The molecule has 8 nitrogen and oxygen atoms in total. The lowest BCUT2D eigenvalue weighted by molar-refractivity contribution is -0.383. The van der Waals surface area contributed by atoms with E-state index in [1.807, 2.05) is 18.2 Å². The van der Waals surface area contributed by atoms with E-state index in [9.17, 15) is 19.7 Å². The van der Waals surface area contributed by atoms with E-state index >= 15 is 0 Å². The quantitative estimate of drug-likeness (QED) is 0.566. The first-order valence-corrected chi connectivity index (χ1v) is 9.21. The molecule has 146 valence electrons. The molecule has 0 radical (unpaired) electrons. The van der Waals surface area contributed by atoms with Gasteiger partial charge in [0, 0.05) is 43.4 Å². The monoisotopic (exact) mass is 382 g/mol. The van der Waals surface area contributed by atoms with Crippen LogP contribution in [0.25, 0.3) is 0 Å². The highest BCUT2D eigenvalue weighted by atomic mass is 16.6. The van der Waals surface area contributed by atoms with Crippen molar-refractivity contribution in [2.75, 3.05) is 25.0 Å². The molecule has 2 aromatic rings. The minimum atomic E-state index is -0.529. The molecule has 2 N–H and O–H groups in total. The smallest absolute Gasteiger partial charge is 0.293 e. The van der Waals surface area contributed by atoms with Gasteiger partial charge in [-0.25, -0.2) is 0 Å². The van der Waals surface area contributed by atoms with Crippen LogP contribution >= 0.6 is 0 Å². The van der Waals surface area contributed by atoms with Crippen molar-refractivity contribution < 1.29 is 14.5 Å². The predicted octanol–water partition coefficient (Wildman–Crippen LogP) is 3.08. The molecule has 1 heterocycles. The largest absolute Gasteiger partial charge is 0.352 e. The fraction of sp³-hybridized carbons (Fsp3) is 0.300. The zero-order valence-corrected chi connectivity index (χ0v) is 15.4. The summed E-state index contributed by atoms with van der Waals surface area (Å²) in [6.45, 7) is 1.75. The summed E-state index contributed by atoms with van der Waals surface area (Å²) in [5.41, 5.74) is 1.00. The Bertz CT molecular complexity index is 864. The topological polar surface area (TPSA) is 105 Å². The number of hydrogen-bond donors (Lipinski definition) is 2. The standard InChI is InChI=1S/C20H22N4O4/c25-19(23-12-4-5-13-23)10-11-21-20(26)15-8-9-17(18(14-15)24(27)28)22-16-6-2-1-3-7-16/h1-3,6-9,14,22H,4-5,10-13H2,(H,21,26). The first-order valence-electron chi connectivity index (χ1n) is 9.21. The molecule has 8 heteroatoms. The molecule has 1 aliphatic heterocycles. The Morgan fingerprint density at radius 2 is 1.79 bits per heavy atom. The number of benzene rings is 2. The van der Waals surface area contributed by atoms with Crippen LogP contribution in [0.2, 0.25) is 0 Å². The second-order valence-electron chi connectivity index (χ2n) is 6.57. The molecule has 1 saturated heterocycles. The van der Waals surface area contributed by atoms with E-state index in [2.05, 4.69) is 10.6 Å². The highest BCUT2D eigenvalue weighted by Crippen LogP contribution is 2.28. The molecule has 0 atom stereocenters. The molecule has 3 rings (SSSR count). The van der Waals surface area contributed by atoms with Crippen LogP contribution in [0.5, 0.6) is 0 Å². The van der Waals surface area contributed by atoms with Crippen molar-refractivity contribution in [2.24, 2.45) is 0 Å². The van der Waals surface area contributed by atoms with Crippen molar-refractivity contribution >= 4 is 28.9 Å². The summed E-state index contributed by atoms with van der Waals surface area (Å²) in [4.78, 5) is 37.0. The Labute approximate surface area is 162 Å². The number of rotatable bonds is 7. The third-order valence-corrected chi connectivity index (χ3v) is 4.59. The first kappa shape index (κ1) is 19.3. The third kappa shape index (κ3) is 4.85. The number of carbonyl (C=O) groups excluding carboxylic acids is 2. The summed E-state index contributed by atoms with van der Waals surface area (Å²) < 4.78 is 0. The van der Waals surface area contributed by atoms with E-state index < -0.39 is 10.8 Å². The first-order chi connectivity index (χ1) is 13.5. The number of amides is 2. The van der Waals surface area contributed by atoms with Gasteiger partial charge < -0.3 is 15.5 Å². The maximum Gasteiger partial charge on any atom is 0.293 e. The number of carbonyl (C=O) groups is 2. The van der Waals surface area contributed by atoms with Crippen LogP contribution in [0.4, 0.5) is 17.1 Å². The van der Waals surface area contributed by atoms with Gasteiger partial charge in [-0.1, -0.05) is 18.2 Å². The lowest BCUT2D eigenvalue weighted by Gasteiger charge is -2.15. The molecular weight excluding hydrogens is 360 g/mol. The molecule has 1 fully saturated rings. The Kier molecular flexibility index (Phi) is 6.21. The highest BCUT2D eigenvalue weighted by Gasteiger charge is 2.19. The number of nitro groups is 1. The van der Waals surface area contributed by atoms with E-state index in [0.29, 0.717) is 11.4 Å². The fourth-order valence-electron chi connectivity index (χ4n) is 3.12. The lowest BCUT2D eigenvalue weighted by atomic mass is 10.1. The van der Waals surface area contributed by atoms with Crippen molar-refractivity contribution in [3.8, 4) is 0 Å². The van der Waals surface area contributed by atoms with Crippen LogP contribution in [0.1, 0.15) is 29.6 Å². The summed E-state index contributed by atoms with van der Waals surface area (Å²) in [6.07, 6.45) is 2.26. The van der Waals surface area contributed by atoms with Gasteiger partial charge >= 0.3 is 0 Å². The van der Waals surface area contributed by atoms with Gasteiger partial charge in [-0.15, -0.1) is 0 Å². The summed E-state index contributed by atoms with van der Waals surface area (Å²) >= 11 is 0. The SMILES string of the molecule is O=C(NCCC(=O)N1CCCC1)c1ccc(Nc2ccccc2)c([N+](=O)[O-])c1. The zero-order chi connectivity index (χ0) is 19.9. The molecule has 2 aromatic carbocycles. The molecule has 28 heavy (non-hydrogen) atoms. The number of para-hydroxylation sites is 1. The number of hydrogen-bond acceptors (Lipinski definition) is 5. The van der Waals surface area contributed by atoms with Crippen LogP contribution in [0.3, 0.4) is 0 Å². The maximum atomic E-state index is 12.3. The van der Waals surface area contributed by atoms with E-state index in [0.717, 1.165) is 25.9 Å². The second-order valence-corrected chi connectivity index (χ2v) is 6.57. The molecule has 0 spiro atoms. The van der Waals surface area contributed by atoms with Crippen molar-refractivity contribution in [3.63, 3.8) is 0 Å². The van der Waals surface area contributed by atoms with Crippen molar-refractivity contribution in [1.29, 1.82) is 0 Å². The fourth-order valence-corrected chi connectivity index (χ4v) is 3.12.